The molecule has 0 amide bonds. The van der Waals surface area contributed by atoms with Crippen molar-refractivity contribution in [1.82, 2.24) is 0 Å². The first-order chi connectivity index (χ1) is 8.83. The summed E-state index contributed by atoms with van der Waals surface area (Å²) in [6.45, 7) is 1.43. The van der Waals surface area contributed by atoms with Gasteiger partial charge >= 0.3 is 0 Å². The Bertz CT molecular complexity index is 556. The fourth-order valence-electron chi connectivity index (χ4n) is 2.28. The van der Waals surface area contributed by atoms with Crippen LogP contribution in [0.3, 0.4) is 0 Å². The van der Waals surface area contributed by atoms with E-state index in [-0.39, 0.29) is 6.04 Å². The van der Waals surface area contributed by atoms with Gasteiger partial charge in [-0.25, -0.2) is 0 Å². The van der Waals surface area contributed by atoms with Crippen molar-refractivity contribution in [3.05, 3.63) is 64.1 Å². The lowest BCUT2D eigenvalue weighted by Crippen LogP contribution is -2.23. The van der Waals surface area contributed by atoms with Crippen LogP contribution in [0.2, 0.25) is 0 Å². The highest BCUT2D eigenvalue weighted by atomic mass is 79.9. The lowest BCUT2D eigenvalue weighted by atomic mass is 9.99. The van der Waals surface area contributed by atoms with Crippen LogP contribution >= 0.6 is 15.9 Å². The number of hydrogen-bond donors (Lipinski definition) is 1. The van der Waals surface area contributed by atoms with Crippen LogP contribution in [0.1, 0.15) is 17.2 Å². The van der Waals surface area contributed by atoms with Crippen molar-refractivity contribution in [3.8, 4) is 0 Å². The maximum atomic E-state index is 5.64. The van der Waals surface area contributed by atoms with Crippen LogP contribution in [0.25, 0.3) is 0 Å². The molecule has 0 radical (unpaired) electrons. The lowest BCUT2D eigenvalue weighted by molar-refractivity contribution is 0.0970. The van der Waals surface area contributed by atoms with Gasteiger partial charge < -0.3 is 10.1 Å². The Hall–Kier alpha value is -1.32. The number of anilines is 1. The zero-order chi connectivity index (χ0) is 12.4. The minimum atomic E-state index is 0.226. The Morgan fingerprint density at radius 2 is 2.00 bits per heavy atom. The molecule has 0 aliphatic carbocycles. The molecule has 18 heavy (non-hydrogen) atoms. The van der Waals surface area contributed by atoms with E-state index in [9.17, 15) is 0 Å². The summed E-state index contributed by atoms with van der Waals surface area (Å²) in [7, 11) is 0. The molecular formula is C15H14BrNO. The average molecular weight is 304 g/mol. The number of benzene rings is 2. The zero-order valence-electron chi connectivity index (χ0n) is 9.90. The first kappa shape index (κ1) is 11.8. The molecule has 0 aromatic heterocycles. The fourth-order valence-corrected chi connectivity index (χ4v) is 2.68. The molecule has 2 nitrogen and oxygen atoms in total. The SMILES string of the molecule is Brc1cccc(NC2COCc3ccccc32)c1. The Labute approximate surface area is 115 Å². The van der Waals surface area contributed by atoms with Crippen molar-refractivity contribution in [1.29, 1.82) is 0 Å². The largest absolute Gasteiger partial charge is 0.376 e. The number of halogens is 1. The van der Waals surface area contributed by atoms with Crippen LogP contribution in [0.15, 0.2) is 53.0 Å². The normalized spacial score (nSPS) is 18.2. The maximum absolute atomic E-state index is 5.64. The molecule has 3 rings (SSSR count). The molecule has 1 aliphatic heterocycles. The summed E-state index contributed by atoms with van der Waals surface area (Å²) < 4.78 is 6.72. The number of nitrogens with one attached hydrogen (secondary N) is 1. The summed E-state index contributed by atoms with van der Waals surface area (Å²) in [4.78, 5) is 0. The molecule has 1 N–H and O–H groups in total. The van der Waals surface area contributed by atoms with Gasteiger partial charge in [-0.05, 0) is 29.3 Å². The summed E-state index contributed by atoms with van der Waals surface area (Å²) >= 11 is 3.49. The summed E-state index contributed by atoms with van der Waals surface area (Å²) in [6, 6.07) is 16.9. The van der Waals surface area contributed by atoms with E-state index in [1.807, 2.05) is 12.1 Å². The number of hydrogen-bond acceptors (Lipinski definition) is 2. The second kappa shape index (κ2) is 5.12. The smallest absolute Gasteiger partial charge is 0.0751 e. The molecule has 3 heteroatoms. The molecule has 0 saturated carbocycles. The van der Waals surface area contributed by atoms with Crippen LogP contribution in [0.4, 0.5) is 5.69 Å². The van der Waals surface area contributed by atoms with E-state index in [1.165, 1.54) is 11.1 Å². The van der Waals surface area contributed by atoms with Gasteiger partial charge in [-0.15, -0.1) is 0 Å². The highest BCUT2D eigenvalue weighted by molar-refractivity contribution is 9.10. The highest BCUT2D eigenvalue weighted by Crippen LogP contribution is 2.28. The van der Waals surface area contributed by atoms with Crippen molar-refractivity contribution >= 4 is 21.6 Å². The predicted molar refractivity (Wildman–Crippen MR) is 76.6 cm³/mol. The molecule has 0 saturated heterocycles. The van der Waals surface area contributed by atoms with E-state index in [1.54, 1.807) is 0 Å². The molecule has 1 unspecified atom stereocenters. The van der Waals surface area contributed by atoms with Crippen molar-refractivity contribution in [2.24, 2.45) is 0 Å². The van der Waals surface area contributed by atoms with E-state index in [0.717, 1.165) is 10.2 Å². The van der Waals surface area contributed by atoms with E-state index in [0.29, 0.717) is 13.2 Å². The lowest BCUT2D eigenvalue weighted by Gasteiger charge is -2.27. The van der Waals surface area contributed by atoms with Gasteiger partial charge in [-0.3, -0.25) is 0 Å². The Kier molecular flexibility index (Phi) is 3.35. The third kappa shape index (κ3) is 2.42. The molecular weight excluding hydrogens is 290 g/mol. The zero-order valence-corrected chi connectivity index (χ0v) is 11.5. The second-order valence-electron chi connectivity index (χ2n) is 4.42. The van der Waals surface area contributed by atoms with Crippen LogP contribution < -0.4 is 5.32 Å². The van der Waals surface area contributed by atoms with Crippen LogP contribution in [-0.2, 0) is 11.3 Å². The molecule has 1 heterocycles. The molecule has 0 fully saturated rings. The first-order valence-electron chi connectivity index (χ1n) is 6.00. The molecule has 2 aromatic rings. The number of rotatable bonds is 2. The van der Waals surface area contributed by atoms with E-state index < -0.39 is 0 Å². The van der Waals surface area contributed by atoms with Crippen molar-refractivity contribution in [2.45, 2.75) is 12.6 Å². The van der Waals surface area contributed by atoms with E-state index in [4.69, 9.17) is 4.74 Å². The van der Waals surface area contributed by atoms with E-state index in [2.05, 4.69) is 57.6 Å². The second-order valence-corrected chi connectivity index (χ2v) is 5.34. The van der Waals surface area contributed by atoms with Crippen LogP contribution in [0.5, 0.6) is 0 Å². The fraction of sp³-hybridized carbons (Fsp3) is 0.200. The summed E-state index contributed by atoms with van der Waals surface area (Å²) in [5, 5.41) is 3.52. The number of fused-ring (bicyclic) bond motifs is 1. The average Bonchev–Trinajstić information content (AvgIpc) is 2.39. The van der Waals surface area contributed by atoms with Crippen molar-refractivity contribution in [2.75, 3.05) is 11.9 Å². The predicted octanol–water partition coefficient (Wildman–Crippen LogP) is 4.13. The standard InChI is InChI=1S/C15H14BrNO/c16-12-5-3-6-13(8-12)17-15-10-18-9-11-4-1-2-7-14(11)15/h1-8,15,17H,9-10H2. The third-order valence-electron chi connectivity index (χ3n) is 3.14. The van der Waals surface area contributed by atoms with Gasteiger partial charge in [0.1, 0.15) is 0 Å². The van der Waals surface area contributed by atoms with Gasteiger partial charge in [0.05, 0.1) is 19.3 Å². The van der Waals surface area contributed by atoms with Gasteiger partial charge in [0.15, 0.2) is 0 Å². The van der Waals surface area contributed by atoms with Crippen LogP contribution in [-0.4, -0.2) is 6.61 Å². The monoisotopic (exact) mass is 303 g/mol. The van der Waals surface area contributed by atoms with Crippen molar-refractivity contribution in [3.63, 3.8) is 0 Å². The molecule has 92 valence electrons. The van der Waals surface area contributed by atoms with Gasteiger partial charge in [0.25, 0.3) is 0 Å². The molecule has 1 atom stereocenters. The summed E-state index contributed by atoms with van der Waals surface area (Å²) in [5.41, 5.74) is 3.72. The van der Waals surface area contributed by atoms with Gasteiger partial charge in [-0.1, -0.05) is 46.3 Å². The van der Waals surface area contributed by atoms with E-state index >= 15 is 0 Å². The molecule has 0 bridgehead atoms. The van der Waals surface area contributed by atoms with Crippen LogP contribution in [0, 0.1) is 0 Å². The molecule has 0 spiro atoms. The first-order valence-corrected chi connectivity index (χ1v) is 6.80. The quantitative estimate of drug-likeness (QED) is 0.900. The third-order valence-corrected chi connectivity index (χ3v) is 3.63. The minimum Gasteiger partial charge on any atom is -0.376 e. The highest BCUT2D eigenvalue weighted by Gasteiger charge is 2.19. The Morgan fingerprint density at radius 1 is 1.11 bits per heavy atom. The molecule has 1 aliphatic rings. The van der Waals surface area contributed by atoms with Gasteiger partial charge in [0, 0.05) is 10.2 Å². The topological polar surface area (TPSA) is 21.3 Å². The maximum Gasteiger partial charge on any atom is 0.0751 e. The number of ether oxygens (including phenoxy) is 1. The summed E-state index contributed by atoms with van der Waals surface area (Å²) in [5.74, 6) is 0. The van der Waals surface area contributed by atoms with Crippen molar-refractivity contribution < 1.29 is 4.74 Å². The van der Waals surface area contributed by atoms with Gasteiger partial charge in [-0.2, -0.15) is 0 Å². The van der Waals surface area contributed by atoms with Gasteiger partial charge in [0.2, 0.25) is 0 Å². The summed E-state index contributed by atoms with van der Waals surface area (Å²) in [6.07, 6.45) is 0. The Morgan fingerprint density at radius 3 is 2.89 bits per heavy atom. The Balaban J connectivity index is 1.86. The molecule has 2 aromatic carbocycles. The minimum absolute atomic E-state index is 0.226.